The van der Waals surface area contributed by atoms with Gasteiger partial charge in [0.1, 0.15) is 0 Å². The second kappa shape index (κ2) is 3.81. The molecule has 1 heterocycles. The highest BCUT2D eigenvalue weighted by Crippen LogP contribution is 2.36. The predicted octanol–water partition coefficient (Wildman–Crippen LogP) is 2.58. The monoisotopic (exact) mass is 171 g/mol. The van der Waals surface area contributed by atoms with Crippen LogP contribution in [0.5, 0.6) is 0 Å². The highest BCUT2D eigenvalue weighted by Gasteiger charge is 2.26. The van der Waals surface area contributed by atoms with E-state index in [0.29, 0.717) is 0 Å². The Balaban J connectivity index is 1.93. The second-order valence-electron chi connectivity index (χ2n) is 3.74. The Kier molecular flexibility index (Phi) is 2.75. The molecular formula is C9H17NS. The first-order valence-corrected chi connectivity index (χ1v) is 5.73. The summed E-state index contributed by atoms with van der Waals surface area (Å²) in [6, 6.07) is 0. The van der Waals surface area contributed by atoms with Crippen molar-refractivity contribution in [3.63, 3.8) is 0 Å². The van der Waals surface area contributed by atoms with Crippen LogP contribution in [0.2, 0.25) is 0 Å². The number of fused-ring (bicyclic) bond motifs is 1. The standard InChI is InChI=1S/C9H17NS/c1-2-6-9-8(4-1)5-3-7-10-11-9/h8-10H,1-7H2. The molecule has 0 radical (unpaired) electrons. The summed E-state index contributed by atoms with van der Waals surface area (Å²) >= 11 is 2.02. The molecule has 0 aromatic rings. The molecule has 2 atom stereocenters. The molecule has 2 heteroatoms. The van der Waals surface area contributed by atoms with Gasteiger partial charge in [-0.25, -0.2) is 0 Å². The summed E-state index contributed by atoms with van der Waals surface area (Å²) in [5.41, 5.74) is 0. The molecule has 0 amide bonds. The van der Waals surface area contributed by atoms with E-state index >= 15 is 0 Å². The van der Waals surface area contributed by atoms with Crippen LogP contribution in [-0.4, -0.2) is 11.8 Å². The highest BCUT2D eigenvalue weighted by atomic mass is 32.2. The number of nitrogens with one attached hydrogen (secondary N) is 1. The number of rotatable bonds is 0. The van der Waals surface area contributed by atoms with E-state index in [1.54, 1.807) is 0 Å². The van der Waals surface area contributed by atoms with Gasteiger partial charge in [0.05, 0.1) is 0 Å². The molecule has 1 saturated heterocycles. The van der Waals surface area contributed by atoms with Gasteiger partial charge in [-0.3, -0.25) is 4.72 Å². The van der Waals surface area contributed by atoms with Gasteiger partial charge in [0.15, 0.2) is 0 Å². The van der Waals surface area contributed by atoms with E-state index < -0.39 is 0 Å². The Labute approximate surface area is 73.5 Å². The molecular weight excluding hydrogens is 154 g/mol. The van der Waals surface area contributed by atoms with Gasteiger partial charge in [-0.15, -0.1) is 0 Å². The number of hydrogen-bond acceptors (Lipinski definition) is 2. The molecule has 64 valence electrons. The summed E-state index contributed by atoms with van der Waals surface area (Å²) in [7, 11) is 0. The quantitative estimate of drug-likeness (QED) is 0.562. The van der Waals surface area contributed by atoms with E-state index in [0.717, 1.165) is 11.2 Å². The molecule has 0 spiro atoms. The zero-order valence-corrected chi connectivity index (χ0v) is 7.83. The minimum atomic E-state index is 0.950. The molecule has 11 heavy (non-hydrogen) atoms. The molecule has 0 aromatic carbocycles. The van der Waals surface area contributed by atoms with Crippen molar-refractivity contribution < 1.29 is 0 Å². The third kappa shape index (κ3) is 1.91. The minimum Gasteiger partial charge on any atom is -0.264 e. The van der Waals surface area contributed by atoms with Gasteiger partial charge in [0.25, 0.3) is 0 Å². The lowest BCUT2D eigenvalue weighted by molar-refractivity contribution is 0.350. The van der Waals surface area contributed by atoms with Crippen molar-refractivity contribution in [1.82, 2.24) is 4.72 Å². The van der Waals surface area contributed by atoms with E-state index in [4.69, 9.17) is 0 Å². The zero-order valence-electron chi connectivity index (χ0n) is 7.01. The second-order valence-corrected chi connectivity index (χ2v) is 4.87. The van der Waals surface area contributed by atoms with Crippen molar-refractivity contribution in [1.29, 1.82) is 0 Å². The van der Waals surface area contributed by atoms with Gasteiger partial charge >= 0.3 is 0 Å². The summed E-state index contributed by atoms with van der Waals surface area (Å²) in [6.07, 6.45) is 8.79. The Morgan fingerprint density at radius 3 is 2.82 bits per heavy atom. The van der Waals surface area contributed by atoms with Gasteiger partial charge in [0.2, 0.25) is 0 Å². The molecule has 2 unspecified atom stereocenters. The van der Waals surface area contributed by atoms with Crippen LogP contribution in [0.4, 0.5) is 0 Å². The summed E-state index contributed by atoms with van der Waals surface area (Å²) in [5.74, 6) is 1.05. The van der Waals surface area contributed by atoms with E-state index in [-0.39, 0.29) is 0 Å². The zero-order chi connectivity index (χ0) is 7.52. The molecule has 1 nitrogen and oxygen atoms in total. The molecule has 1 aliphatic heterocycles. The molecule has 2 fully saturated rings. The highest BCUT2D eigenvalue weighted by molar-refractivity contribution is 7.98. The topological polar surface area (TPSA) is 12.0 Å². The summed E-state index contributed by atoms with van der Waals surface area (Å²) in [6.45, 7) is 1.23. The maximum Gasteiger partial charge on any atom is 0.0221 e. The SMILES string of the molecule is C1CCC2SNCCCC2C1. The van der Waals surface area contributed by atoms with Crippen LogP contribution in [0.3, 0.4) is 0 Å². The van der Waals surface area contributed by atoms with Gasteiger partial charge in [-0.2, -0.15) is 0 Å². The first kappa shape index (κ1) is 7.93. The summed E-state index contributed by atoms with van der Waals surface area (Å²) in [4.78, 5) is 0. The van der Waals surface area contributed by atoms with Crippen LogP contribution in [0.15, 0.2) is 0 Å². The van der Waals surface area contributed by atoms with Crippen molar-refractivity contribution in [2.24, 2.45) is 5.92 Å². The molecule has 2 aliphatic rings. The maximum absolute atomic E-state index is 3.46. The molecule has 2 rings (SSSR count). The fourth-order valence-corrected chi connectivity index (χ4v) is 3.49. The minimum absolute atomic E-state index is 0.950. The Morgan fingerprint density at radius 2 is 1.82 bits per heavy atom. The Bertz CT molecular complexity index is 113. The maximum atomic E-state index is 3.46. The third-order valence-electron chi connectivity index (χ3n) is 2.93. The van der Waals surface area contributed by atoms with Crippen LogP contribution >= 0.6 is 11.9 Å². The van der Waals surface area contributed by atoms with Crippen LogP contribution < -0.4 is 4.72 Å². The van der Waals surface area contributed by atoms with E-state index in [2.05, 4.69) is 4.72 Å². The largest absolute Gasteiger partial charge is 0.264 e. The summed E-state index contributed by atoms with van der Waals surface area (Å²) in [5, 5.41) is 0.950. The normalized spacial score (nSPS) is 39.3. The van der Waals surface area contributed by atoms with Crippen molar-refractivity contribution >= 4 is 11.9 Å². The fourth-order valence-electron chi connectivity index (χ4n) is 2.26. The number of hydrogen-bond donors (Lipinski definition) is 1. The molecule has 0 bridgehead atoms. The molecule has 1 N–H and O–H groups in total. The predicted molar refractivity (Wildman–Crippen MR) is 50.6 cm³/mol. The Hall–Kier alpha value is 0.310. The first-order valence-electron chi connectivity index (χ1n) is 4.85. The van der Waals surface area contributed by atoms with Crippen molar-refractivity contribution in [3.8, 4) is 0 Å². The van der Waals surface area contributed by atoms with Gasteiger partial charge in [-0.05, 0) is 31.6 Å². The van der Waals surface area contributed by atoms with Crippen LogP contribution in [0, 0.1) is 5.92 Å². The van der Waals surface area contributed by atoms with Crippen molar-refractivity contribution in [3.05, 3.63) is 0 Å². The van der Waals surface area contributed by atoms with Gasteiger partial charge in [-0.1, -0.05) is 24.8 Å². The van der Waals surface area contributed by atoms with Gasteiger partial charge in [0, 0.05) is 11.8 Å². The van der Waals surface area contributed by atoms with Crippen molar-refractivity contribution in [2.45, 2.75) is 43.8 Å². The smallest absolute Gasteiger partial charge is 0.0221 e. The first-order chi connectivity index (χ1) is 5.47. The molecule has 1 aliphatic carbocycles. The summed E-state index contributed by atoms with van der Waals surface area (Å²) < 4.78 is 3.46. The lowest BCUT2D eigenvalue weighted by Crippen LogP contribution is -2.21. The van der Waals surface area contributed by atoms with Crippen molar-refractivity contribution in [2.75, 3.05) is 6.54 Å². The average molecular weight is 171 g/mol. The lowest BCUT2D eigenvalue weighted by atomic mass is 9.85. The van der Waals surface area contributed by atoms with E-state index in [1.165, 1.54) is 45.1 Å². The third-order valence-corrected chi connectivity index (χ3v) is 4.22. The average Bonchev–Trinajstić information content (AvgIpc) is 2.28. The van der Waals surface area contributed by atoms with Crippen LogP contribution in [0.25, 0.3) is 0 Å². The van der Waals surface area contributed by atoms with E-state index in [1.807, 2.05) is 11.9 Å². The van der Waals surface area contributed by atoms with Crippen LogP contribution in [0.1, 0.15) is 38.5 Å². The molecule has 1 saturated carbocycles. The van der Waals surface area contributed by atoms with Crippen LogP contribution in [-0.2, 0) is 0 Å². The Morgan fingerprint density at radius 1 is 1.00 bits per heavy atom. The molecule has 0 aromatic heterocycles. The lowest BCUT2D eigenvalue weighted by Gasteiger charge is -2.28. The van der Waals surface area contributed by atoms with E-state index in [9.17, 15) is 0 Å². The fraction of sp³-hybridized carbons (Fsp3) is 1.00. The van der Waals surface area contributed by atoms with Gasteiger partial charge < -0.3 is 0 Å².